The van der Waals surface area contributed by atoms with E-state index in [4.69, 9.17) is 43.0 Å². The normalized spacial score (nSPS) is 71.2. The Balaban J connectivity index is 0.814. The summed E-state index contributed by atoms with van der Waals surface area (Å²) in [4.78, 5) is 0. The first-order valence-corrected chi connectivity index (χ1v) is 9.62. The van der Waals surface area contributed by atoms with Crippen LogP contribution in [0.3, 0.4) is 0 Å². The maximum atomic E-state index is 9.05. The van der Waals surface area contributed by atoms with E-state index >= 15 is 0 Å². The molecule has 9 heteroatoms. The summed E-state index contributed by atoms with van der Waals surface area (Å²) in [5, 5.41) is 9.05. The van der Waals surface area contributed by atoms with Crippen molar-refractivity contribution in [3.63, 3.8) is 0 Å². The van der Waals surface area contributed by atoms with E-state index in [1.807, 2.05) is 0 Å². The van der Waals surface area contributed by atoms with Gasteiger partial charge in [-0.2, -0.15) is 0 Å². The Morgan fingerprint density at radius 3 is 1.19 bits per heavy atom. The monoisotopic (exact) mass is 368 g/mol. The maximum absolute atomic E-state index is 9.05. The fourth-order valence-electron chi connectivity index (χ4n) is 4.86. The summed E-state index contributed by atoms with van der Waals surface area (Å²) < 4.78 is 45.2. The molecule has 15 unspecified atom stereocenters. The third kappa shape index (κ3) is 2.17. The SMILES string of the molecule is OCC1OC1C1OC1C1OC1C1OC1C1OC1C1OC1C1OC1C1CO1. The zero-order chi connectivity index (χ0) is 16.7. The zero-order valence-corrected chi connectivity index (χ0v) is 13.8. The molecule has 0 aromatic carbocycles. The molecule has 0 amide bonds. The second-order valence-corrected chi connectivity index (χ2v) is 8.59. The van der Waals surface area contributed by atoms with Gasteiger partial charge in [-0.15, -0.1) is 0 Å². The molecular formula is C17H20O9. The molecule has 26 heavy (non-hydrogen) atoms. The van der Waals surface area contributed by atoms with Crippen LogP contribution in [0.4, 0.5) is 0 Å². The minimum Gasteiger partial charge on any atom is -0.394 e. The van der Waals surface area contributed by atoms with Gasteiger partial charge in [0, 0.05) is 0 Å². The molecule has 8 fully saturated rings. The van der Waals surface area contributed by atoms with Crippen molar-refractivity contribution < 1.29 is 43.0 Å². The number of hydrogen-bond donors (Lipinski definition) is 1. The van der Waals surface area contributed by atoms with Crippen molar-refractivity contribution in [2.45, 2.75) is 91.6 Å². The minimum absolute atomic E-state index is 0.0420. The number of ether oxygens (including phenoxy) is 8. The molecule has 8 heterocycles. The van der Waals surface area contributed by atoms with E-state index in [2.05, 4.69) is 0 Å². The molecule has 15 atom stereocenters. The van der Waals surface area contributed by atoms with Gasteiger partial charge in [0.2, 0.25) is 0 Å². The zero-order valence-electron chi connectivity index (χ0n) is 13.8. The summed E-state index contributed by atoms with van der Waals surface area (Å²) in [5.41, 5.74) is 0. The van der Waals surface area contributed by atoms with Crippen molar-refractivity contribution in [3.05, 3.63) is 0 Å². The Hall–Kier alpha value is -0.360. The highest BCUT2D eigenvalue weighted by Gasteiger charge is 2.75. The number of aliphatic hydroxyl groups is 1. The van der Waals surface area contributed by atoms with E-state index in [9.17, 15) is 0 Å². The summed E-state index contributed by atoms with van der Waals surface area (Å²) in [6, 6.07) is 0. The molecule has 8 saturated heterocycles. The van der Waals surface area contributed by atoms with Crippen LogP contribution in [0.5, 0.6) is 0 Å². The first-order chi connectivity index (χ1) is 12.8. The summed E-state index contributed by atoms with van der Waals surface area (Å²) in [7, 11) is 0. The second-order valence-electron chi connectivity index (χ2n) is 8.59. The summed E-state index contributed by atoms with van der Waals surface area (Å²) in [6.45, 7) is 0.880. The topological polar surface area (TPSA) is 120 Å². The molecule has 142 valence electrons. The van der Waals surface area contributed by atoms with E-state index in [1.54, 1.807) is 0 Å². The summed E-state index contributed by atoms with van der Waals surface area (Å²) in [6.07, 6.45) is 1.86. The molecule has 8 rings (SSSR count). The molecule has 0 aromatic heterocycles. The number of epoxide rings is 8. The van der Waals surface area contributed by atoms with Crippen molar-refractivity contribution in [2.24, 2.45) is 0 Å². The Bertz CT molecular complexity index is 656. The summed E-state index contributed by atoms with van der Waals surface area (Å²) >= 11 is 0. The van der Waals surface area contributed by atoms with Crippen LogP contribution in [0, 0.1) is 0 Å². The van der Waals surface area contributed by atoms with Crippen molar-refractivity contribution >= 4 is 0 Å². The first-order valence-electron chi connectivity index (χ1n) is 9.62. The van der Waals surface area contributed by atoms with E-state index in [0.29, 0.717) is 6.10 Å². The van der Waals surface area contributed by atoms with Gasteiger partial charge in [0.05, 0.1) is 13.2 Å². The van der Waals surface area contributed by atoms with Gasteiger partial charge in [0.15, 0.2) is 0 Å². The predicted molar refractivity (Wildman–Crippen MR) is 77.5 cm³/mol. The third-order valence-corrected chi connectivity index (χ3v) is 6.84. The first kappa shape index (κ1) is 14.6. The standard InChI is InChI=1S/C17H20O9/c18-1-3-5(20-3)7-9(22-7)11-13(24-11)15-17(26-15)16-14(25-16)12-10(23-12)8-6(21-8)4-2-19-4/h3-18H,1-2H2. The molecule has 0 saturated carbocycles. The number of rotatable bonds is 8. The lowest BCUT2D eigenvalue weighted by Crippen LogP contribution is -2.18. The molecule has 0 spiro atoms. The van der Waals surface area contributed by atoms with Crippen LogP contribution in [-0.2, 0) is 37.9 Å². The van der Waals surface area contributed by atoms with E-state index < -0.39 is 0 Å². The van der Waals surface area contributed by atoms with Gasteiger partial charge in [-0.05, 0) is 0 Å². The lowest BCUT2D eigenvalue weighted by Gasteiger charge is -1.87. The van der Waals surface area contributed by atoms with Crippen LogP contribution in [-0.4, -0.2) is 110 Å². The van der Waals surface area contributed by atoms with Gasteiger partial charge in [0.1, 0.15) is 91.6 Å². The second kappa shape index (κ2) is 4.61. The molecule has 9 nitrogen and oxygen atoms in total. The molecule has 8 aliphatic heterocycles. The van der Waals surface area contributed by atoms with E-state index in [0.717, 1.165) is 6.61 Å². The van der Waals surface area contributed by atoms with Gasteiger partial charge in [0.25, 0.3) is 0 Å². The smallest absolute Gasteiger partial charge is 0.116 e. The van der Waals surface area contributed by atoms with Crippen LogP contribution < -0.4 is 0 Å². The number of aliphatic hydroxyl groups excluding tert-OH is 1. The van der Waals surface area contributed by atoms with Gasteiger partial charge >= 0.3 is 0 Å². The highest BCUT2D eigenvalue weighted by molar-refractivity contribution is 5.20. The van der Waals surface area contributed by atoms with Crippen LogP contribution >= 0.6 is 0 Å². The van der Waals surface area contributed by atoms with Crippen LogP contribution in [0.15, 0.2) is 0 Å². The molecule has 0 radical (unpaired) electrons. The average Bonchev–Trinajstić information content (AvgIpc) is 3.40. The van der Waals surface area contributed by atoms with Gasteiger partial charge in [-0.25, -0.2) is 0 Å². The fourth-order valence-corrected chi connectivity index (χ4v) is 4.86. The number of hydrogen-bond acceptors (Lipinski definition) is 9. The average molecular weight is 368 g/mol. The van der Waals surface area contributed by atoms with Crippen LogP contribution in [0.1, 0.15) is 0 Å². The molecule has 0 bridgehead atoms. The summed E-state index contributed by atoms with van der Waals surface area (Å²) in [5.74, 6) is 0. The Morgan fingerprint density at radius 1 is 0.500 bits per heavy atom. The Kier molecular flexibility index (Phi) is 2.59. The van der Waals surface area contributed by atoms with Crippen molar-refractivity contribution in [1.29, 1.82) is 0 Å². The maximum Gasteiger partial charge on any atom is 0.116 e. The van der Waals surface area contributed by atoms with Gasteiger partial charge in [-0.3, -0.25) is 0 Å². The van der Waals surface area contributed by atoms with Gasteiger partial charge in [-0.1, -0.05) is 0 Å². The molecule has 0 aliphatic carbocycles. The molecule has 0 aromatic rings. The van der Waals surface area contributed by atoms with Crippen molar-refractivity contribution in [2.75, 3.05) is 13.2 Å². The van der Waals surface area contributed by atoms with Crippen molar-refractivity contribution in [1.82, 2.24) is 0 Å². The van der Waals surface area contributed by atoms with Crippen LogP contribution in [0.2, 0.25) is 0 Å². The van der Waals surface area contributed by atoms with Crippen molar-refractivity contribution in [3.8, 4) is 0 Å². The van der Waals surface area contributed by atoms with Gasteiger partial charge < -0.3 is 43.0 Å². The third-order valence-electron chi connectivity index (χ3n) is 6.84. The van der Waals surface area contributed by atoms with E-state index in [-0.39, 0.29) is 92.1 Å². The molecule has 1 N–H and O–H groups in total. The van der Waals surface area contributed by atoms with E-state index in [1.165, 1.54) is 0 Å². The highest BCUT2D eigenvalue weighted by atomic mass is 16.7. The lowest BCUT2D eigenvalue weighted by molar-refractivity contribution is 0.239. The Morgan fingerprint density at radius 2 is 0.846 bits per heavy atom. The van der Waals surface area contributed by atoms with Crippen LogP contribution in [0.25, 0.3) is 0 Å². The molecular weight excluding hydrogens is 348 g/mol. The molecule has 8 aliphatic rings. The lowest BCUT2D eigenvalue weighted by atomic mass is 10.0. The largest absolute Gasteiger partial charge is 0.394 e. The predicted octanol–water partition coefficient (Wildman–Crippen LogP) is -2.25. The quantitative estimate of drug-likeness (QED) is 0.474. The fraction of sp³-hybridized carbons (Fsp3) is 1.00. The minimum atomic E-state index is -0.0549. The Labute approximate surface area is 148 Å². The highest BCUT2D eigenvalue weighted by Crippen LogP contribution is 2.55.